The molecular formula is C12H22N4O2S. The highest BCUT2D eigenvalue weighted by atomic mass is 32.2. The SMILES string of the molecule is CCc1nnc(SCC(=O)[O-])n1CC[NH+](CC)CC. The average molecular weight is 286 g/mol. The normalized spacial score (nSPS) is 11.2. The van der Waals surface area contributed by atoms with Crippen LogP contribution in [-0.2, 0) is 17.8 Å². The Hall–Kier alpha value is -1.08. The summed E-state index contributed by atoms with van der Waals surface area (Å²) in [6, 6.07) is 0. The predicted octanol–water partition coefficient (Wildman–Crippen LogP) is -1.39. The van der Waals surface area contributed by atoms with Crippen LogP contribution in [0.5, 0.6) is 0 Å². The van der Waals surface area contributed by atoms with Gasteiger partial charge in [0.05, 0.1) is 32.1 Å². The number of aryl methyl sites for hydroxylation is 1. The molecule has 0 fully saturated rings. The number of aliphatic carboxylic acids is 1. The molecule has 1 heterocycles. The minimum atomic E-state index is -1.08. The Morgan fingerprint density at radius 3 is 2.53 bits per heavy atom. The first-order chi connectivity index (χ1) is 9.12. The van der Waals surface area contributed by atoms with Crippen molar-refractivity contribution in [1.29, 1.82) is 0 Å². The number of thioether (sulfide) groups is 1. The first-order valence-electron chi connectivity index (χ1n) is 6.70. The molecule has 1 aromatic rings. The van der Waals surface area contributed by atoms with Crippen LogP contribution < -0.4 is 10.0 Å². The second kappa shape index (κ2) is 8.16. The highest BCUT2D eigenvalue weighted by molar-refractivity contribution is 7.99. The molecule has 0 aliphatic rings. The Bertz CT molecular complexity index is 404. The van der Waals surface area contributed by atoms with Crippen LogP contribution in [0.4, 0.5) is 0 Å². The fourth-order valence-electron chi connectivity index (χ4n) is 1.91. The minimum Gasteiger partial charge on any atom is -0.549 e. The maximum Gasteiger partial charge on any atom is 0.191 e. The summed E-state index contributed by atoms with van der Waals surface area (Å²) in [6.07, 6.45) is 0.798. The lowest BCUT2D eigenvalue weighted by atomic mass is 10.4. The minimum absolute atomic E-state index is 0.0834. The van der Waals surface area contributed by atoms with Gasteiger partial charge in [-0.3, -0.25) is 0 Å². The van der Waals surface area contributed by atoms with Gasteiger partial charge in [0, 0.05) is 12.2 Å². The fraction of sp³-hybridized carbons (Fsp3) is 0.750. The van der Waals surface area contributed by atoms with Crippen molar-refractivity contribution >= 4 is 17.7 Å². The molecule has 0 aromatic carbocycles. The van der Waals surface area contributed by atoms with Crippen molar-refractivity contribution in [2.75, 3.05) is 25.4 Å². The molecule has 0 aliphatic heterocycles. The summed E-state index contributed by atoms with van der Waals surface area (Å²) in [5, 5.41) is 19.4. The molecule has 1 aromatic heterocycles. The molecule has 0 unspecified atom stereocenters. The molecule has 108 valence electrons. The largest absolute Gasteiger partial charge is 0.549 e. The Balaban J connectivity index is 2.72. The van der Waals surface area contributed by atoms with Crippen LogP contribution in [0.1, 0.15) is 26.6 Å². The van der Waals surface area contributed by atoms with Gasteiger partial charge in [-0.1, -0.05) is 18.7 Å². The summed E-state index contributed by atoms with van der Waals surface area (Å²) in [4.78, 5) is 12.0. The van der Waals surface area contributed by atoms with Crippen molar-refractivity contribution in [3.63, 3.8) is 0 Å². The van der Waals surface area contributed by atoms with Crippen molar-refractivity contribution in [2.45, 2.75) is 38.9 Å². The molecule has 0 saturated heterocycles. The number of carbonyl (C=O) groups is 1. The third-order valence-corrected chi connectivity index (χ3v) is 4.06. The molecule has 0 aliphatic carbocycles. The zero-order chi connectivity index (χ0) is 14.3. The van der Waals surface area contributed by atoms with Crippen molar-refractivity contribution in [2.24, 2.45) is 0 Å². The lowest BCUT2D eigenvalue weighted by Crippen LogP contribution is -3.11. The molecule has 19 heavy (non-hydrogen) atoms. The molecule has 1 N–H and O–H groups in total. The van der Waals surface area contributed by atoms with Gasteiger partial charge in [0.15, 0.2) is 5.16 Å². The van der Waals surface area contributed by atoms with E-state index in [1.54, 1.807) is 0 Å². The Morgan fingerprint density at radius 2 is 2.00 bits per heavy atom. The van der Waals surface area contributed by atoms with Gasteiger partial charge in [-0.05, 0) is 13.8 Å². The summed E-state index contributed by atoms with van der Waals surface area (Å²) in [5.74, 6) is -0.251. The highest BCUT2D eigenvalue weighted by Crippen LogP contribution is 2.16. The topological polar surface area (TPSA) is 75.3 Å². The molecule has 0 bridgehead atoms. The summed E-state index contributed by atoms with van der Waals surface area (Å²) in [7, 11) is 0. The molecule has 0 radical (unpaired) electrons. The van der Waals surface area contributed by atoms with E-state index in [0.717, 1.165) is 38.4 Å². The second-order valence-corrected chi connectivity index (χ2v) is 5.21. The number of likely N-dealkylation sites (N-methyl/N-ethyl adjacent to an activating group) is 1. The number of hydrogen-bond donors (Lipinski definition) is 1. The summed E-state index contributed by atoms with van der Waals surface area (Å²) >= 11 is 1.18. The van der Waals surface area contributed by atoms with E-state index in [1.807, 2.05) is 11.5 Å². The molecule has 0 amide bonds. The molecule has 0 saturated carbocycles. The van der Waals surface area contributed by atoms with E-state index < -0.39 is 5.97 Å². The highest BCUT2D eigenvalue weighted by Gasteiger charge is 2.13. The Morgan fingerprint density at radius 1 is 1.32 bits per heavy atom. The zero-order valence-corrected chi connectivity index (χ0v) is 12.6. The van der Waals surface area contributed by atoms with Crippen molar-refractivity contribution in [3.8, 4) is 0 Å². The third kappa shape index (κ3) is 4.83. The number of aromatic nitrogens is 3. The van der Waals surface area contributed by atoms with Crippen LogP contribution in [-0.4, -0.2) is 46.1 Å². The van der Waals surface area contributed by atoms with Gasteiger partial charge < -0.3 is 19.4 Å². The van der Waals surface area contributed by atoms with Crippen LogP contribution in [0.2, 0.25) is 0 Å². The maximum atomic E-state index is 10.5. The first kappa shape index (κ1) is 16.0. The van der Waals surface area contributed by atoms with Gasteiger partial charge >= 0.3 is 0 Å². The Kier molecular flexibility index (Phi) is 6.86. The maximum absolute atomic E-state index is 10.5. The van der Waals surface area contributed by atoms with Crippen molar-refractivity contribution < 1.29 is 14.8 Å². The number of nitrogens with one attached hydrogen (secondary N) is 1. The van der Waals surface area contributed by atoms with Gasteiger partial charge in [-0.25, -0.2) is 0 Å². The fourth-order valence-corrected chi connectivity index (χ4v) is 2.61. The lowest BCUT2D eigenvalue weighted by molar-refractivity contribution is -0.897. The quantitative estimate of drug-likeness (QED) is 0.566. The van der Waals surface area contributed by atoms with Crippen LogP contribution in [0.25, 0.3) is 0 Å². The van der Waals surface area contributed by atoms with Crippen molar-refractivity contribution in [3.05, 3.63) is 5.82 Å². The monoisotopic (exact) mass is 286 g/mol. The van der Waals surface area contributed by atoms with Gasteiger partial charge in [0.1, 0.15) is 5.82 Å². The van der Waals surface area contributed by atoms with E-state index >= 15 is 0 Å². The predicted molar refractivity (Wildman–Crippen MR) is 72.0 cm³/mol. The standard InChI is InChI=1S/C12H22N4O2S/c1-4-10-13-14-12(19-9-11(17)18)16(10)8-7-15(5-2)6-3/h4-9H2,1-3H3,(H,17,18). The number of carboxylic acid groups (broad SMARTS) is 1. The summed E-state index contributed by atoms with van der Waals surface area (Å²) < 4.78 is 2.03. The molecule has 1 rings (SSSR count). The first-order valence-corrected chi connectivity index (χ1v) is 7.69. The van der Waals surface area contributed by atoms with Gasteiger partial charge in [-0.15, -0.1) is 10.2 Å². The number of hydrogen-bond acceptors (Lipinski definition) is 5. The van der Waals surface area contributed by atoms with Gasteiger partial charge in [-0.2, -0.15) is 0 Å². The van der Waals surface area contributed by atoms with E-state index in [9.17, 15) is 9.90 Å². The number of quaternary nitrogens is 1. The summed E-state index contributed by atoms with van der Waals surface area (Å²) in [5.41, 5.74) is 0. The zero-order valence-electron chi connectivity index (χ0n) is 11.8. The number of nitrogens with zero attached hydrogens (tertiary/aromatic N) is 3. The van der Waals surface area contributed by atoms with E-state index in [0.29, 0.717) is 5.16 Å². The molecule has 0 atom stereocenters. The van der Waals surface area contributed by atoms with Crippen molar-refractivity contribution in [1.82, 2.24) is 14.8 Å². The van der Waals surface area contributed by atoms with Crippen LogP contribution in [0, 0.1) is 0 Å². The van der Waals surface area contributed by atoms with Gasteiger partial charge in [0.2, 0.25) is 0 Å². The summed E-state index contributed by atoms with van der Waals surface area (Å²) in [6.45, 7) is 10.3. The number of carbonyl (C=O) groups excluding carboxylic acids is 1. The molecule has 0 spiro atoms. The van der Waals surface area contributed by atoms with E-state index in [2.05, 4.69) is 24.0 Å². The van der Waals surface area contributed by atoms with Crippen LogP contribution in [0.15, 0.2) is 5.16 Å². The molecule has 6 nitrogen and oxygen atoms in total. The second-order valence-electron chi connectivity index (χ2n) is 4.27. The van der Waals surface area contributed by atoms with Gasteiger partial charge in [0.25, 0.3) is 0 Å². The van der Waals surface area contributed by atoms with E-state index in [1.165, 1.54) is 16.7 Å². The smallest absolute Gasteiger partial charge is 0.191 e. The van der Waals surface area contributed by atoms with E-state index in [-0.39, 0.29) is 5.75 Å². The number of carboxylic acids is 1. The molecule has 7 heteroatoms. The average Bonchev–Trinajstić information content (AvgIpc) is 2.79. The van der Waals surface area contributed by atoms with E-state index in [4.69, 9.17) is 0 Å². The molecular weight excluding hydrogens is 264 g/mol. The Labute approximate surface area is 118 Å². The lowest BCUT2D eigenvalue weighted by Gasteiger charge is -2.17. The van der Waals surface area contributed by atoms with Crippen LogP contribution >= 0.6 is 11.8 Å². The number of rotatable bonds is 9. The third-order valence-electron chi connectivity index (χ3n) is 3.12. The van der Waals surface area contributed by atoms with Crippen LogP contribution in [0.3, 0.4) is 0 Å².